The maximum Gasteiger partial charge on any atom is 0.407 e. The highest BCUT2D eigenvalue weighted by atomic mass is 19.1. The molecule has 2 saturated heterocycles. The number of nitrogens with one attached hydrogen (secondary N) is 2. The minimum Gasteiger partial charge on any atom is -0.462 e. The molecule has 2 aliphatic heterocycles. The number of rotatable bonds is 8. The number of pyridine rings is 2. The largest absolute Gasteiger partial charge is 0.462 e. The van der Waals surface area contributed by atoms with E-state index in [-0.39, 0.29) is 83.4 Å². The summed E-state index contributed by atoms with van der Waals surface area (Å²) in [5, 5.41) is 5.89. The van der Waals surface area contributed by atoms with E-state index in [1.54, 1.807) is 24.5 Å². The van der Waals surface area contributed by atoms with Crippen LogP contribution in [0.15, 0.2) is 97.3 Å². The van der Waals surface area contributed by atoms with E-state index in [4.69, 9.17) is 18.9 Å². The van der Waals surface area contributed by atoms with E-state index in [0.29, 0.717) is 23.7 Å². The molecule has 4 aliphatic carbocycles. The first-order valence-corrected chi connectivity index (χ1v) is 24.8. The third kappa shape index (κ3) is 10.7. The van der Waals surface area contributed by atoms with Crippen LogP contribution < -0.4 is 10.6 Å². The monoisotopic (exact) mass is 956 g/mol. The number of nitrogens with zero attached hydrogens (tertiary/aromatic N) is 2. The summed E-state index contributed by atoms with van der Waals surface area (Å²) in [6, 6.07) is 20.9. The van der Waals surface area contributed by atoms with Crippen LogP contribution in [-0.2, 0) is 28.5 Å². The normalized spacial score (nSPS) is 32.0. The first kappa shape index (κ1) is 48.6. The van der Waals surface area contributed by atoms with Crippen LogP contribution in [0.1, 0.15) is 76.6 Å². The molecule has 4 aromatic rings. The Bertz CT molecular complexity index is 2410. The quantitative estimate of drug-likeness (QED) is 0.129. The van der Waals surface area contributed by atoms with Gasteiger partial charge in [-0.3, -0.25) is 19.6 Å². The van der Waals surface area contributed by atoms with Crippen molar-refractivity contribution < 1.29 is 46.9 Å². The second-order valence-electron chi connectivity index (χ2n) is 20.1. The van der Waals surface area contributed by atoms with Gasteiger partial charge in [-0.1, -0.05) is 48.6 Å². The van der Waals surface area contributed by atoms with Gasteiger partial charge < -0.3 is 29.6 Å². The fraction of sp³-hybridized carbons (Fsp3) is 0.464. The molecule has 2 amide bonds. The van der Waals surface area contributed by atoms with Gasteiger partial charge in [0.25, 0.3) is 0 Å². The van der Waals surface area contributed by atoms with Crippen LogP contribution in [0.25, 0.3) is 34.4 Å². The van der Waals surface area contributed by atoms with Gasteiger partial charge in [0.05, 0.1) is 37.4 Å². The number of ether oxygens (including phenoxy) is 4. The molecule has 2 aromatic heterocycles. The summed E-state index contributed by atoms with van der Waals surface area (Å²) in [4.78, 5) is 57.9. The van der Waals surface area contributed by atoms with E-state index in [1.807, 2.05) is 62.4 Å². The predicted octanol–water partition coefficient (Wildman–Crippen LogP) is 10.5. The van der Waals surface area contributed by atoms with Crippen molar-refractivity contribution in [3.8, 4) is 22.3 Å². The third-order valence-corrected chi connectivity index (χ3v) is 16.2. The summed E-state index contributed by atoms with van der Waals surface area (Å²) < 4.78 is 48.0. The lowest BCUT2D eigenvalue weighted by Crippen LogP contribution is -2.48. The van der Waals surface area contributed by atoms with Gasteiger partial charge in [0.2, 0.25) is 0 Å². The van der Waals surface area contributed by atoms with E-state index in [1.165, 1.54) is 38.5 Å². The van der Waals surface area contributed by atoms with Crippen LogP contribution in [0, 0.1) is 70.8 Å². The molecule has 2 N–H and O–H groups in total. The number of allylic oxidation sites excluding steroid dienone is 2. The Balaban J connectivity index is 0.000000174. The van der Waals surface area contributed by atoms with Gasteiger partial charge >= 0.3 is 24.1 Å². The van der Waals surface area contributed by atoms with Crippen LogP contribution in [0.2, 0.25) is 0 Å². The van der Waals surface area contributed by atoms with Crippen LogP contribution in [0.4, 0.5) is 18.4 Å². The molecule has 6 fully saturated rings. The smallest absolute Gasteiger partial charge is 0.407 e. The summed E-state index contributed by atoms with van der Waals surface area (Å²) >= 11 is 0. The van der Waals surface area contributed by atoms with Crippen LogP contribution in [-0.4, -0.2) is 72.6 Å². The summed E-state index contributed by atoms with van der Waals surface area (Å²) in [5.41, 5.74) is 4.95. The molecule has 12 nitrogen and oxygen atoms in total. The molecule has 14 atom stereocenters. The Labute approximate surface area is 408 Å². The Hall–Kier alpha value is -6.44. The summed E-state index contributed by atoms with van der Waals surface area (Å²) in [7, 11) is 2.75. The molecule has 70 heavy (non-hydrogen) atoms. The standard InChI is InChI=1S/2C28H31FN2O4/c2*1-16-26-24(11-8-21-7-6-18(15-30-21)17-4-3-5-20(29)12-17)23-10-9-22(31-28(33)34-2)13-19(23)14-25(26)27(32)35-16/h2*3-8,11-12,15-16,19,22-26H,9-10,13-14H2,1-2H3,(H,31,33)/b2*11-8+/t16-,19+,22+,23-,24+,25-,26+;16-,19+,22-,23-,24+,25-,26+/m11/s1. The van der Waals surface area contributed by atoms with Gasteiger partial charge in [-0.25, -0.2) is 18.4 Å². The maximum atomic E-state index is 13.6. The van der Waals surface area contributed by atoms with E-state index < -0.39 is 12.2 Å². The molecule has 4 heterocycles. The van der Waals surface area contributed by atoms with E-state index in [0.717, 1.165) is 85.0 Å². The fourth-order valence-electron chi connectivity index (χ4n) is 13.0. The number of methoxy groups -OCH3 is 2. The average molecular weight is 957 g/mol. The van der Waals surface area contributed by atoms with Crippen LogP contribution in [0.3, 0.4) is 0 Å². The number of halogens is 2. The zero-order valence-electron chi connectivity index (χ0n) is 40.0. The lowest BCUT2D eigenvalue weighted by molar-refractivity contribution is -0.145. The number of hydrogen-bond donors (Lipinski definition) is 2. The van der Waals surface area contributed by atoms with Gasteiger partial charge in [0.1, 0.15) is 23.8 Å². The number of amides is 2. The summed E-state index contributed by atoms with van der Waals surface area (Å²) in [6.45, 7) is 4.00. The van der Waals surface area contributed by atoms with Crippen molar-refractivity contribution in [3.05, 3.63) is 120 Å². The SMILES string of the molecule is COC(=O)N[C@@H]1CC[C@@H]2[C@@H](C1)C[C@H]1C(=O)O[C@H](C)[C@H]1[C@H]2/C=C/c1ccc(-c2cccc(F)c2)cn1.COC(=O)N[C@H]1CC[C@@H]2[C@@H](C1)C[C@H]1C(=O)O[C@H](C)[C@H]1[C@H]2/C=C/c1ccc(-c2cccc(F)c2)cn1. The second-order valence-corrected chi connectivity index (χ2v) is 20.1. The average Bonchev–Trinajstić information content (AvgIpc) is 3.82. The van der Waals surface area contributed by atoms with Crippen LogP contribution in [0.5, 0.6) is 0 Å². The molecule has 0 unspecified atom stereocenters. The molecule has 10 rings (SSSR count). The number of hydrogen-bond acceptors (Lipinski definition) is 10. The van der Waals surface area contributed by atoms with Crippen molar-refractivity contribution >= 4 is 36.3 Å². The zero-order chi connectivity index (χ0) is 49.1. The highest BCUT2D eigenvalue weighted by Crippen LogP contribution is 2.55. The molecule has 0 bridgehead atoms. The first-order valence-electron chi connectivity index (χ1n) is 24.8. The van der Waals surface area contributed by atoms with Crippen molar-refractivity contribution in [3.63, 3.8) is 0 Å². The summed E-state index contributed by atoms with van der Waals surface area (Å²) in [5.74, 6) is 1.26. The number of alkyl carbamates (subject to hydrolysis) is 2. The van der Waals surface area contributed by atoms with Crippen molar-refractivity contribution in [1.82, 2.24) is 20.6 Å². The number of esters is 2. The predicted molar refractivity (Wildman–Crippen MR) is 259 cm³/mol. The van der Waals surface area contributed by atoms with Crippen molar-refractivity contribution in [2.75, 3.05) is 14.2 Å². The highest BCUT2D eigenvalue weighted by molar-refractivity contribution is 5.76. The minimum absolute atomic E-state index is 0.0664. The number of cyclic esters (lactones) is 2. The highest BCUT2D eigenvalue weighted by Gasteiger charge is 2.56. The first-order chi connectivity index (χ1) is 33.8. The Morgan fingerprint density at radius 2 is 1.03 bits per heavy atom. The van der Waals surface area contributed by atoms with Gasteiger partial charge in [-0.05, 0) is 160 Å². The number of carbonyl (C=O) groups is 4. The molecule has 0 radical (unpaired) electrons. The number of carbonyl (C=O) groups excluding carboxylic acids is 4. The van der Waals surface area contributed by atoms with Gasteiger partial charge in [0, 0.05) is 47.4 Å². The minimum atomic E-state index is -0.403. The number of benzene rings is 2. The molecule has 368 valence electrons. The van der Waals surface area contributed by atoms with Crippen molar-refractivity contribution in [1.29, 1.82) is 0 Å². The molecule has 0 spiro atoms. The molecule has 4 saturated carbocycles. The van der Waals surface area contributed by atoms with Crippen molar-refractivity contribution in [2.24, 2.45) is 59.2 Å². The van der Waals surface area contributed by atoms with Crippen LogP contribution >= 0.6 is 0 Å². The second kappa shape index (κ2) is 21.3. The van der Waals surface area contributed by atoms with Gasteiger partial charge in [-0.15, -0.1) is 0 Å². The van der Waals surface area contributed by atoms with E-state index in [2.05, 4.69) is 32.8 Å². The maximum absolute atomic E-state index is 13.6. The topological polar surface area (TPSA) is 155 Å². The Kier molecular flexibility index (Phi) is 14.8. The van der Waals surface area contributed by atoms with Gasteiger partial charge in [-0.2, -0.15) is 0 Å². The molecule has 2 aromatic carbocycles. The molecule has 14 heteroatoms. The third-order valence-electron chi connectivity index (χ3n) is 16.2. The van der Waals surface area contributed by atoms with E-state index >= 15 is 0 Å². The molecular weight excluding hydrogens is 895 g/mol. The lowest BCUT2D eigenvalue weighted by atomic mass is 9.57. The number of fused-ring (bicyclic) bond motifs is 4. The van der Waals surface area contributed by atoms with E-state index in [9.17, 15) is 28.0 Å². The van der Waals surface area contributed by atoms with Crippen molar-refractivity contribution in [2.45, 2.75) is 89.5 Å². The lowest BCUT2D eigenvalue weighted by Gasteiger charge is -2.47. The Morgan fingerprint density at radius 1 is 0.600 bits per heavy atom. The fourth-order valence-corrected chi connectivity index (χ4v) is 13.0. The zero-order valence-corrected chi connectivity index (χ0v) is 40.0. The Morgan fingerprint density at radius 3 is 1.40 bits per heavy atom. The number of aromatic nitrogens is 2. The molecule has 6 aliphatic rings. The molecular formula is C56H62F2N4O8. The summed E-state index contributed by atoms with van der Waals surface area (Å²) in [6.07, 6.45) is 18.0. The van der Waals surface area contributed by atoms with Gasteiger partial charge in [0.15, 0.2) is 0 Å².